The summed E-state index contributed by atoms with van der Waals surface area (Å²) in [7, 11) is 0. The molecular formula is C12H19NO3. The van der Waals surface area contributed by atoms with Crippen molar-refractivity contribution in [3.05, 3.63) is 12.7 Å². The van der Waals surface area contributed by atoms with Gasteiger partial charge in [0.2, 0.25) is 5.91 Å². The number of rotatable bonds is 6. The van der Waals surface area contributed by atoms with Crippen LogP contribution in [0.1, 0.15) is 39.0 Å². The van der Waals surface area contributed by atoms with E-state index in [1.54, 1.807) is 13.0 Å². The average Bonchev–Trinajstić information content (AvgIpc) is 2.18. The monoisotopic (exact) mass is 225 g/mol. The molecule has 0 aromatic heterocycles. The quantitative estimate of drug-likeness (QED) is 0.676. The third kappa shape index (κ3) is 2.43. The summed E-state index contributed by atoms with van der Waals surface area (Å²) in [4.78, 5) is 22.8. The zero-order valence-electron chi connectivity index (χ0n) is 9.66. The molecule has 1 aliphatic rings. The summed E-state index contributed by atoms with van der Waals surface area (Å²) in [5.41, 5.74) is -0.384. The second kappa shape index (κ2) is 5.14. The highest BCUT2D eigenvalue weighted by Crippen LogP contribution is 2.44. The van der Waals surface area contributed by atoms with E-state index in [1.807, 2.05) is 0 Å². The minimum Gasteiger partial charge on any atom is -0.480 e. The Morgan fingerprint density at radius 2 is 2.19 bits per heavy atom. The first kappa shape index (κ1) is 12.7. The summed E-state index contributed by atoms with van der Waals surface area (Å²) in [6, 6.07) is -0.769. The first-order valence-corrected chi connectivity index (χ1v) is 5.70. The second-order valence-electron chi connectivity index (χ2n) is 4.40. The molecule has 1 amide bonds. The van der Waals surface area contributed by atoms with Crippen LogP contribution in [0.3, 0.4) is 0 Å². The number of carbonyl (C=O) groups is 2. The number of aliphatic carboxylic acids is 1. The molecule has 0 radical (unpaired) electrons. The molecule has 0 aliphatic heterocycles. The van der Waals surface area contributed by atoms with Gasteiger partial charge in [0.25, 0.3) is 0 Å². The number of nitrogens with one attached hydrogen (secondary N) is 1. The summed E-state index contributed by atoms with van der Waals surface area (Å²) in [6.45, 7) is 5.40. The Bertz CT molecular complexity index is 295. The van der Waals surface area contributed by atoms with Crippen LogP contribution < -0.4 is 5.32 Å². The Morgan fingerprint density at radius 1 is 1.56 bits per heavy atom. The summed E-state index contributed by atoms with van der Waals surface area (Å²) >= 11 is 0. The van der Waals surface area contributed by atoms with E-state index >= 15 is 0 Å². The summed E-state index contributed by atoms with van der Waals surface area (Å²) in [5.74, 6) is -1.10. The van der Waals surface area contributed by atoms with Crippen LogP contribution in [0.5, 0.6) is 0 Å². The fourth-order valence-electron chi connectivity index (χ4n) is 2.05. The number of amides is 1. The van der Waals surface area contributed by atoms with Gasteiger partial charge in [0.1, 0.15) is 6.04 Å². The van der Waals surface area contributed by atoms with E-state index in [9.17, 15) is 9.59 Å². The van der Waals surface area contributed by atoms with Gasteiger partial charge in [-0.1, -0.05) is 19.4 Å². The lowest BCUT2D eigenvalue weighted by Gasteiger charge is -2.40. The van der Waals surface area contributed by atoms with Crippen molar-refractivity contribution in [2.45, 2.75) is 45.1 Å². The SMILES string of the molecule is C=CCC1(C(=O)NC(CC)C(=O)O)CCC1. The Morgan fingerprint density at radius 3 is 2.50 bits per heavy atom. The number of carbonyl (C=O) groups excluding carboxylic acids is 1. The van der Waals surface area contributed by atoms with E-state index in [-0.39, 0.29) is 11.3 Å². The molecule has 0 bridgehead atoms. The minimum absolute atomic E-state index is 0.132. The lowest BCUT2D eigenvalue weighted by molar-refractivity contribution is -0.145. The largest absolute Gasteiger partial charge is 0.480 e. The van der Waals surface area contributed by atoms with Crippen LogP contribution in [0.2, 0.25) is 0 Å². The van der Waals surface area contributed by atoms with Gasteiger partial charge in [-0.15, -0.1) is 6.58 Å². The van der Waals surface area contributed by atoms with Crippen molar-refractivity contribution >= 4 is 11.9 Å². The zero-order valence-corrected chi connectivity index (χ0v) is 9.66. The topological polar surface area (TPSA) is 66.4 Å². The van der Waals surface area contributed by atoms with E-state index in [0.29, 0.717) is 12.8 Å². The Labute approximate surface area is 95.7 Å². The summed E-state index contributed by atoms with van der Waals surface area (Å²) < 4.78 is 0. The normalized spacial score (nSPS) is 19.3. The molecule has 1 aliphatic carbocycles. The summed E-state index contributed by atoms with van der Waals surface area (Å²) in [5, 5.41) is 11.5. The lowest BCUT2D eigenvalue weighted by atomic mass is 9.66. The number of carboxylic acids is 1. The summed E-state index contributed by atoms with van der Waals surface area (Å²) in [6.07, 6.45) is 5.48. The Hall–Kier alpha value is -1.32. The molecule has 16 heavy (non-hydrogen) atoms. The molecule has 0 spiro atoms. The molecule has 1 rings (SSSR count). The van der Waals surface area contributed by atoms with Crippen LogP contribution in [0, 0.1) is 5.41 Å². The van der Waals surface area contributed by atoms with Crippen molar-refractivity contribution in [3.8, 4) is 0 Å². The van der Waals surface area contributed by atoms with Crippen LogP contribution in [0.15, 0.2) is 12.7 Å². The number of hydrogen-bond donors (Lipinski definition) is 2. The molecule has 1 saturated carbocycles. The van der Waals surface area contributed by atoms with Crippen molar-refractivity contribution < 1.29 is 14.7 Å². The highest BCUT2D eigenvalue weighted by molar-refractivity contribution is 5.88. The molecule has 0 saturated heterocycles. The first-order chi connectivity index (χ1) is 7.55. The van der Waals surface area contributed by atoms with E-state index < -0.39 is 12.0 Å². The number of carboxylic acid groups (broad SMARTS) is 1. The van der Waals surface area contributed by atoms with Crippen LogP contribution in [0.4, 0.5) is 0 Å². The van der Waals surface area contributed by atoms with Gasteiger partial charge < -0.3 is 10.4 Å². The van der Waals surface area contributed by atoms with Gasteiger partial charge in [0, 0.05) is 0 Å². The molecule has 1 atom stereocenters. The van der Waals surface area contributed by atoms with Gasteiger partial charge in [-0.25, -0.2) is 4.79 Å². The predicted molar refractivity (Wildman–Crippen MR) is 61.0 cm³/mol. The van der Waals surface area contributed by atoms with Gasteiger partial charge in [-0.2, -0.15) is 0 Å². The van der Waals surface area contributed by atoms with Crippen LogP contribution in [-0.2, 0) is 9.59 Å². The van der Waals surface area contributed by atoms with Crippen molar-refractivity contribution in [2.24, 2.45) is 5.41 Å². The van der Waals surface area contributed by atoms with E-state index in [4.69, 9.17) is 5.11 Å². The molecule has 90 valence electrons. The minimum atomic E-state index is -0.969. The molecule has 0 heterocycles. The molecule has 4 heteroatoms. The van der Waals surface area contributed by atoms with E-state index in [0.717, 1.165) is 19.3 Å². The van der Waals surface area contributed by atoms with E-state index in [2.05, 4.69) is 11.9 Å². The van der Waals surface area contributed by atoms with Crippen LogP contribution in [-0.4, -0.2) is 23.0 Å². The highest BCUT2D eigenvalue weighted by Gasteiger charge is 2.43. The van der Waals surface area contributed by atoms with Crippen molar-refractivity contribution in [2.75, 3.05) is 0 Å². The van der Waals surface area contributed by atoms with Crippen LogP contribution in [0.25, 0.3) is 0 Å². The first-order valence-electron chi connectivity index (χ1n) is 5.70. The van der Waals surface area contributed by atoms with Gasteiger partial charge in [0.05, 0.1) is 5.41 Å². The van der Waals surface area contributed by atoms with Crippen molar-refractivity contribution in [1.29, 1.82) is 0 Å². The third-order valence-electron chi connectivity index (χ3n) is 3.34. The third-order valence-corrected chi connectivity index (χ3v) is 3.34. The van der Waals surface area contributed by atoms with Gasteiger partial charge in [-0.3, -0.25) is 4.79 Å². The second-order valence-corrected chi connectivity index (χ2v) is 4.40. The number of allylic oxidation sites excluding steroid dienone is 1. The molecule has 2 N–H and O–H groups in total. The predicted octanol–water partition coefficient (Wildman–Crippen LogP) is 1.71. The van der Waals surface area contributed by atoms with Crippen molar-refractivity contribution in [3.63, 3.8) is 0 Å². The molecule has 0 aromatic carbocycles. The maximum absolute atomic E-state index is 12.0. The maximum Gasteiger partial charge on any atom is 0.326 e. The van der Waals surface area contributed by atoms with Gasteiger partial charge >= 0.3 is 5.97 Å². The fourth-order valence-corrected chi connectivity index (χ4v) is 2.05. The smallest absolute Gasteiger partial charge is 0.326 e. The maximum atomic E-state index is 12.0. The Balaban J connectivity index is 2.62. The zero-order chi connectivity index (χ0) is 12.2. The van der Waals surface area contributed by atoms with Gasteiger partial charge in [0.15, 0.2) is 0 Å². The molecule has 0 aromatic rings. The lowest BCUT2D eigenvalue weighted by Crippen LogP contribution is -2.51. The van der Waals surface area contributed by atoms with Crippen molar-refractivity contribution in [1.82, 2.24) is 5.32 Å². The number of hydrogen-bond acceptors (Lipinski definition) is 2. The van der Waals surface area contributed by atoms with E-state index in [1.165, 1.54) is 0 Å². The molecule has 1 unspecified atom stereocenters. The van der Waals surface area contributed by atoms with Crippen LogP contribution >= 0.6 is 0 Å². The highest BCUT2D eigenvalue weighted by atomic mass is 16.4. The fraction of sp³-hybridized carbons (Fsp3) is 0.667. The molecular weight excluding hydrogens is 206 g/mol. The average molecular weight is 225 g/mol. The molecule has 4 nitrogen and oxygen atoms in total. The molecule has 1 fully saturated rings. The van der Waals surface area contributed by atoms with Gasteiger partial charge in [-0.05, 0) is 25.7 Å². The standard InChI is InChI=1S/C12H19NO3/c1-3-6-12(7-5-8-12)11(16)13-9(4-2)10(14)15/h3,9H,1,4-8H2,2H3,(H,13,16)(H,14,15). The Kier molecular flexibility index (Phi) is 4.10.